The van der Waals surface area contributed by atoms with Gasteiger partial charge in [-0.2, -0.15) is 0 Å². The molecule has 1 N–H and O–H groups in total. The predicted molar refractivity (Wildman–Crippen MR) is 80.3 cm³/mol. The second kappa shape index (κ2) is 6.49. The predicted octanol–water partition coefficient (Wildman–Crippen LogP) is 2.48. The first kappa shape index (κ1) is 14.5. The molecule has 3 heteroatoms. The molecule has 0 aliphatic carbocycles. The average molecular weight is 261 g/mol. The lowest BCUT2D eigenvalue weighted by Gasteiger charge is -2.46. The van der Waals surface area contributed by atoms with E-state index in [2.05, 4.69) is 48.1 Å². The standard InChI is InChI=1S/C16H27N3/c1-4-16(5-2)13-19(14(3)12-18-16)11-8-15-6-9-17-10-7-15/h6-7,9-10,14,18H,4-5,8,11-13H2,1-3H3. The van der Waals surface area contributed by atoms with Crippen LogP contribution >= 0.6 is 0 Å². The van der Waals surface area contributed by atoms with E-state index in [1.54, 1.807) is 0 Å². The lowest BCUT2D eigenvalue weighted by molar-refractivity contribution is 0.0819. The molecule has 106 valence electrons. The summed E-state index contributed by atoms with van der Waals surface area (Å²) >= 11 is 0. The van der Waals surface area contributed by atoms with Crippen molar-refractivity contribution in [2.45, 2.75) is 51.6 Å². The number of nitrogens with zero attached hydrogens (tertiary/aromatic N) is 2. The normalized spacial score (nSPS) is 23.4. The topological polar surface area (TPSA) is 28.2 Å². The molecular formula is C16H27N3. The van der Waals surface area contributed by atoms with E-state index in [9.17, 15) is 0 Å². The van der Waals surface area contributed by atoms with Gasteiger partial charge in [0.25, 0.3) is 0 Å². The molecule has 3 nitrogen and oxygen atoms in total. The summed E-state index contributed by atoms with van der Waals surface area (Å²) in [5.41, 5.74) is 1.71. The molecule has 1 aliphatic rings. The Hall–Kier alpha value is -0.930. The zero-order valence-corrected chi connectivity index (χ0v) is 12.5. The van der Waals surface area contributed by atoms with Gasteiger partial charge >= 0.3 is 0 Å². The number of pyridine rings is 1. The third-order valence-electron chi connectivity index (χ3n) is 4.69. The second-order valence-corrected chi connectivity index (χ2v) is 5.79. The van der Waals surface area contributed by atoms with E-state index >= 15 is 0 Å². The van der Waals surface area contributed by atoms with Crippen LogP contribution in [0.4, 0.5) is 0 Å². The molecule has 1 atom stereocenters. The van der Waals surface area contributed by atoms with Crippen LogP contribution < -0.4 is 5.32 Å². The van der Waals surface area contributed by atoms with E-state index in [1.165, 1.54) is 24.9 Å². The lowest BCUT2D eigenvalue weighted by Crippen LogP contribution is -2.63. The average Bonchev–Trinajstić information content (AvgIpc) is 2.48. The molecule has 0 aromatic carbocycles. The summed E-state index contributed by atoms with van der Waals surface area (Å²) in [4.78, 5) is 6.72. The Labute approximate surface area is 117 Å². The molecule has 0 bridgehead atoms. The Balaban J connectivity index is 1.94. The minimum absolute atomic E-state index is 0.324. The van der Waals surface area contributed by atoms with Gasteiger partial charge in [-0.25, -0.2) is 0 Å². The van der Waals surface area contributed by atoms with Gasteiger partial charge < -0.3 is 5.32 Å². The fraction of sp³-hybridized carbons (Fsp3) is 0.688. The maximum atomic E-state index is 4.08. The van der Waals surface area contributed by atoms with Crippen molar-refractivity contribution in [2.75, 3.05) is 19.6 Å². The number of rotatable bonds is 5. The number of hydrogen-bond acceptors (Lipinski definition) is 3. The molecule has 1 aromatic rings. The van der Waals surface area contributed by atoms with Crippen LogP contribution in [0.25, 0.3) is 0 Å². The molecule has 0 saturated carbocycles. The maximum Gasteiger partial charge on any atom is 0.0304 e. The minimum Gasteiger partial charge on any atom is -0.308 e. The van der Waals surface area contributed by atoms with Crippen LogP contribution in [0.2, 0.25) is 0 Å². The van der Waals surface area contributed by atoms with Gasteiger partial charge in [-0.1, -0.05) is 13.8 Å². The van der Waals surface area contributed by atoms with Gasteiger partial charge in [0.05, 0.1) is 0 Å². The van der Waals surface area contributed by atoms with Gasteiger partial charge in [0.2, 0.25) is 0 Å². The van der Waals surface area contributed by atoms with Gasteiger partial charge in [-0.15, -0.1) is 0 Å². The SMILES string of the molecule is CCC1(CC)CN(CCc2ccncc2)C(C)CN1. The quantitative estimate of drug-likeness (QED) is 0.882. The first-order chi connectivity index (χ1) is 9.19. The van der Waals surface area contributed by atoms with Gasteiger partial charge in [-0.3, -0.25) is 9.88 Å². The Morgan fingerprint density at radius 2 is 2.00 bits per heavy atom. The van der Waals surface area contributed by atoms with Crippen LogP contribution in [0.5, 0.6) is 0 Å². The third kappa shape index (κ3) is 3.54. The molecule has 1 aliphatic heterocycles. The van der Waals surface area contributed by atoms with Gasteiger partial charge in [-0.05, 0) is 43.9 Å². The van der Waals surface area contributed by atoms with E-state index in [-0.39, 0.29) is 0 Å². The Morgan fingerprint density at radius 1 is 1.32 bits per heavy atom. The van der Waals surface area contributed by atoms with E-state index in [1.807, 2.05) is 12.4 Å². The Bertz CT molecular complexity index is 373. The highest BCUT2D eigenvalue weighted by atomic mass is 15.2. The van der Waals surface area contributed by atoms with Gasteiger partial charge in [0.1, 0.15) is 0 Å². The van der Waals surface area contributed by atoms with Crippen LogP contribution in [-0.2, 0) is 6.42 Å². The molecule has 2 heterocycles. The largest absolute Gasteiger partial charge is 0.308 e. The molecule has 0 spiro atoms. The van der Waals surface area contributed by atoms with Crippen molar-refractivity contribution in [3.63, 3.8) is 0 Å². The van der Waals surface area contributed by atoms with Crippen molar-refractivity contribution in [3.8, 4) is 0 Å². The van der Waals surface area contributed by atoms with E-state index in [0.29, 0.717) is 11.6 Å². The number of aromatic nitrogens is 1. The number of nitrogens with one attached hydrogen (secondary N) is 1. The second-order valence-electron chi connectivity index (χ2n) is 5.79. The highest BCUT2D eigenvalue weighted by Crippen LogP contribution is 2.22. The minimum atomic E-state index is 0.324. The highest BCUT2D eigenvalue weighted by molar-refractivity contribution is 5.10. The van der Waals surface area contributed by atoms with Crippen molar-refractivity contribution < 1.29 is 0 Å². The van der Waals surface area contributed by atoms with Crippen LogP contribution in [0.3, 0.4) is 0 Å². The highest BCUT2D eigenvalue weighted by Gasteiger charge is 2.34. The summed E-state index contributed by atoms with van der Waals surface area (Å²) in [6.07, 6.45) is 7.32. The summed E-state index contributed by atoms with van der Waals surface area (Å²) in [6, 6.07) is 4.88. The lowest BCUT2D eigenvalue weighted by atomic mass is 9.88. The molecular weight excluding hydrogens is 234 g/mol. The van der Waals surface area contributed by atoms with Crippen molar-refractivity contribution in [3.05, 3.63) is 30.1 Å². The monoisotopic (exact) mass is 261 g/mol. The molecule has 0 amide bonds. The molecule has 1 aromatic heterocycles. The molecule has 19 heavy (non-hydrogen) atoms. The first-order valence-electron chi connectivity index (χ1n) is 7.57. The zero-order valence-electron chi connectivity index (χ0n) is 12.5. The Kier molecular flexibility index (Phi) is 4.94. The fourth-order valence-electron chi connectivity index (χ4n) is 2.94. The summed E-state index contributed by atoms with van der Waals surface area (Å²) in [6.45, 7) is 10.4. The van der Waals surface area contributed by atoms with Crippen molar-refractivity contribution in [1.29, 1.82) is 0 Å². The van der Waals surface area contributed by atoms with Gasteiger partial charge in [0, 0.05) is 43.6 Å². The van der Waals surface area contributed by atoms with Crippen LogP contribution in [0.1, 0.15) is 39.2 Å². The summed E-state index contributed by atoms with van der Waals surface area (Å²) in [5.74, 6) is 0. The molecule has 1 unspecified atom stereocenters. The van der Waals surface area contributed by atoms with Crippen molar-refractivity contribution >= 4 is 0 Å². The van der Waals surface area contributed by atoms with Crippen molar-refractivity contribution in [2.24, 2.45) is 0 Å². The maximum absolute atomic E-state index is 4.08. The molecule has 1 saturated heterocycles. The summed E-state index contributed by atoms with van der Waals surface area (Å²) in [5, 5.41) is 3.76. The van der Waals surface area contributed by atoms with Crippen LogP contribution in [0.15, 0.2) is 24.5 Å². The number of piperazine rings is 1. The Morgan fingerprint density at radius 3 is 2.63 bits per heavy atom. The summed E-state index contributed by atoms with van der Waals surface area (Å²) < 4.78 is 0. The third-order valence-corrected chi connectivity index (χ3v) is 4.69. The van der Waals surface area contributed by atoms with E-state index in [4.69, 9.17) is 0 Å². The van der Waals surface area contributed by atoms with E-state index < -0.39 is 0 Å². The van der Waals surface area contributed by atoms with Gasteiger partial charge in [0.15, 0.2) is 0 Å². The zero-order chi connectivity index (χ0) is 13.7. The number of hydrogen-bond donors (Lipinski definition) is 1. The molecule has 0 radical (unpaired) electrons. The van der Waals surface area contributed by atoms with Crippen LogP contribution in [-0.4, -0.2) is 41.1 Å². The fourth-order valence-corrected chi connectivity index (χ4v) is 2.94. The van der Waals surface area contributed by atoms with Crippen LogP contribution in [0, 0.1) is 0 Å². The molecule has 1 fully saturated rings. The van der Waals surface area contributed by atoms with E-state index in [0.717, 1.165) is 19.5 Å². The summed E-state index contributed by atoms with van der Waals surface area (Å²) in [7, 11) is 0. The first-order valence-corrected chi connectivity index (χ1v) is 7.57. The van der Waals surface area contributed by atoms with Crippen molar-refractivity contribution in [1.82, 2.24) is 15.2 Å². The molecule has 2 rings (SSSR count). The smallest absolute Gasteiger partial charge is 0.0304 e.